The molecule has 1 aliphatic heterocycles. The first-order chi connectivity index (χ1) is 11.0. The fraction of sp³-hybridized carbons (Fsp3) is 0.474. The maximum absolute atomic E-state index is 5.98. The number of rotatable bonds is 6. The molecule has 1 fully saturated rings. The lowest BCUT2D eigenvalue weighted by Crippen LogP contribution is -2.23. The zero-order valence-electron chi connectivity index (χ0n) is 14.0. The molecule has 2 atom stereocenters. The molecule has 1 aromatic carbocycles. The molecule has 1 aliphatic carbocycles. The van der Waals surface area contributed by atoms with Crippen molar-refractivity contribution in [2.45, 2.75) is 44.9 Å². The summed E-state index contributed by atoms with van der Waals surface area (Å²) in [6, 6.07) is 7.87. The van der Waals surface area contributed by atoms with E-state index >= 15 is 0 Å². The van der Waals surface area contributed by atoms with Crippen molar-refractivity contribution in [1.82, 2.24) is 0 Å². The summed E-state index contributed by atoms with van der Waals surface area (Å²) in [5, 5.41) is 0. The van der Waals surface area contributed by atoms with E-state index in [1.165, 1.54) is 0 Å². The largest absolute Gasteiger partial charge is 0.497 e. The molecular weight excluding hydrogens is 292 g/mol. The average Bonchev–Trinajstić information content (AvgIpc) is 3.02. The second-order valence-corrected chi connectivity index (χ2v) is 6.43. The van der Waals surface area contributed by atoms with E-state index in [1.807, 2.05) is 38.1 Å². The van der Waals surface area contributed by atoms with Crippen LogP contribution in [0, 0.1) is 0 Å². The van der Waals surface area contributed by atoms with Gasteiger partial charge in [0.05, 0.1) is 26.4 Å². The Morgan fingerprint density at radius 1 is 1.26 bits per heavy atom. The monoisotopic (exact) mass is 316 g/mol. The summed E-state index contributed by atoms with van der Waals surface area (Å²) in [7, 11) is 1.66. The first-order valence-electron chi connectivity index (χ1n) is 7.93. The predicted molar refractivity (Wildman–Crippen MR) is 88.3 cm³/mol. The standard InChI is InChI=1S/C19H24O4/c1-13(11-21-12-14-5-7-15(20-4)8-6-14)16-9-10-17-18(16)23-19(2,3)22-17/h5-9,17-18H,1,10-12H2,2-4H3. The van der Waals surface area contributed by atoms with Crippen molar-refractivity contribution in [3.8, 4) is 5.75 Å². The smallest absolute Gasteiger partial charge is 0.164 e. The Labute approximate surface area is 137 Å². The highest BCUT2D eigenvalue weighted by Gasteiger charge is 2.45. The highest BCUT2D eigenvalue weighted by atomic mass is 16.8. The highest BCUT2D eigenvalue weighted by molar-refractivity contribution is 5.38. The Balaban J connectivity index is 1.50. The Morgan fingerprint density at radius 3 is 2.70 bits per heavy atom. The van der Waals surface area contributed by atoms with Gasteiger partial charge in [-0.2, -0.15) is 0 Å². The number of methoxy groups -OCH3 is 1. The third-order valence-electron chi connectivity index (χ3n) is 4.17. The number of hydrogen-bond donors (Lipinski definition) is 0. The first-order valence-corrected chi connectivity index (χ1v) is 7.93. The van der Waals surface area contributed by atoms with Gasteiger partial charge in [0.15, 0.2) is 5.79 Å². The van der Waals surface area contributed by atoms with Crippen molar-refractivity contribution in [3.63, 3.8) is 0 Å². The van der Waals surface area contributed by atoms with Gasteiger partial charge in [-0.3, -0.25) is 0 Å². The fourth-order valence-electron chi connectivity index (χ4n) is 3.07. The van der Waals surface area contributed by atoms with Crippen LogP contribution in [0.5, 0.6) is 5.75 Å². The van der Waals surface area contributed by atoms with Crippen LogP contribution < -0.4 is 4.74 Å². The van der Waals surface area contributed by atoms with Gasteiger partial charge in [0.1, 0.15) is 11.9 Å². The average molecular weight is 316 g/mol. The van der Waals surface area contributed by atoms with Crippen LogP contribution in [0.15, 0.2) is 48.1 Å². The Kier molecular flexibility index (Phi) is 4.57. The van der Waals surface area contributed by atoms with Crippen molar-refractivity contribution in [2.75, 3.05) is 13.7 Å². The van der Waals surface area contributed by atoms with Gasteiger partial charge in [0.2, 0.25) is 0 Å². The minimum absolute atomic E-state index is 0.0120. The molecule has 0 bridgehead atoms. The van der Waals surface area contributed by atoms with Gasteiger partial charge in [-0.05, 0) is 49.1 Å². The molecule has 0 N–H and O–H groups in total. The zero-order chi connectivity index (χ0) is 16.4. The molecular formula is C19H24O4. The van der Waals surface area contributed by atoms with Gasteiger partial charge in [-0.1, -0.05) is 24.8 Å². The molecule has 3 rings (SSSR count). The summed E-state index contributed by atoms with van der Waals surface area (Å²) in [6.07, 6.45) is 3.13. The van der Waals surface area contributed by atoms with E-state index in [-0.39, 0.29) is 12.2 Å². The minimum atomic E-state index is -0.515. The molecule has 1 heterocycles. The number of hydrogen-bond acceptors (Lipinski definition) is 4. The van der Waals surface area contributed by atoms with E-state index in [2.05, 4.69) is 12.7 Å². The van der Waals surface area contributed by atoms with E-state index in [0.717, 1.165) is 28.9 Å². The third kappa shape index (κ3) is 3.66. The van der Waals surface area contributed by atoms with E-state index in [4.69, 9.17) is 18.9 Å². The Morgan fingerprint density at radius 2 is 2.00 bits per heavy atom. The SMILES string of the molecule is C=C(COCc1ccc(OC)cc1)C1=CCC2OC(C)(C)OC12. The van der Waals surface area contributed by atoms with Crippen LogP contribution in [0.2, 0.25) is 0 Å². The summed E-state index contributed by atoms with van der Waals surface area (Å²) in [5.74, 6) is 0.334. The normalized spacial score (nSPS) is 25.1. The predicted octanol–water partition coefficient (Wildman–Crippen LogP) is 3.62. The molecule has 0 radical (unpaired) electrons. The maximum Gasteiger partial charge on any atom is 0.164 e. The minimum Gasteiger partial charge on any atom is -0.497 e. The zero-order valence-corrected chi connectivity index (χ0v) is 14.0. The van der Waals surface area contributed by atoms with Crippen molar-refractivity contribution in [2.24, 2.45) is 0 Å². The summed E-state index contributed by atoms with van der Waals surface area (Å²) in [5.41, 5.74) is 3.20. The van der Waals surface area contributed by atoms with E-state index in [1.54, 1.807) is 7.11 Å². The van der Waals surface area contributed by atoms with Crippen LogP contribution in [-0.4, -0.2) is 31.7 Å². The third-order valence-corrected chi connectivity index (χ3v) is 4.17. The van der Waals surface area contributed by atoms with E-state index in [0.29, 0.717) is 13.2 Å². The number of fused-ring (bicyclic) bond motifs is 1. The molecule has 0 aromatic heterocycles. The van der Waals surface area contributed by atoms with Crippen LogP contribution in [0.4, 0.5) is 0 Å². The number of ether oxygens (including phenoxy) is 4. The van der Waals surface area contributed by atoms with Gasteiger partial charge in [-0.15, -0.1) is 0 Å². The molecule has 0 spiro atoms. The van der Waals surface area contributed by atoms with Crippen molar-refractivity contribution in [3.05, 3.63) is 53.6 Å². The van der Waals surface area contributed by atoms with Gasteiger partial charge in [0.25, 0.3) is 0 Å². The van der Waals surface area contributed by atoms with Gasteiger partial charge < -0.3 is 18.9 Å². The molecule has 0 amide bonds. The van der Waals surface area contributed by atoms with Gasteiger partial charge in [-0.25, -0.2) is 0 Å². The molecule has 4 heteroatoms. The second kappa shape index (κ2) is 6.48. The maximum atomic E-state index is 5.98. The van der Waals surface area contributed by atoms with Crippen molar-refractivity contribution >= 4 is 0 Å². The number of benzene rings is 1. The van der Waals surface area contributed by atoms with Gasteiger partial charge >= 0.3 is 0 Å². The van der Waals surface area contributed by atoms with Crippen molar-refractivity contribution < 1.29 is 18.9 Å². The second-order valence-electron chi connectivity index (χ2n) is 6.43. The summed E-state index contributed by atoms with van der Waals surface area (Å²) < 4.78 is 22.8. The molecule has 4 nitrogen and oxygen atoms in total. The van der Waals surface area contributed by atoms with Crippen LogP contribution in [0.1, 0.15) is 25.8 Å². The van der Waals surface area contributed by atoms with Crippen LogP contribution in [0.25, 0.3) is 0 Å². The topological polar surface area (TPSA) is 36.9 Å². The molecule has 0 saturated carbocycles. The molecule has 2 aliphatic rings. The molecule has 1 saturated heterocycles. The van der Waals surface area contributed by atoms with Crippen LogP contribution >= 0.6 is 0 Å². The van der Waals surface area contributed by atoms with Crippen LogP contribution in [-0.2, 0) is 20.8 Å². The Bertz CT molecular complexity index is 600. The van der Waals surface area contributed by atoms with E-state index < -0.39 is 5.79 Å². The molecule has 23 heavy (non-hydrogen) atoms. The summed E-state index contributed by atoms with van der Waals surface area (Å²) in [4.78, 5) is 0. The summed E-state index contributed by atoms with van der Waals surface area (Å²) in [6.45, 7) is 9.09. The van der Waals surface area contributed by atoms with Gasteiger partial charge in [0, 0.05) is 0 Å². The van der Waals surface area contributed by atoms with Crippen LogP contribution in [0.3, 0.4) is 0 Å². The molecule has 124 valence electrons. The van der Waals surface area contributed by atoms with E-state index in [9.17, 15) is 0 Å². The highest BCUT2D eigenvalue weighted by Crippen LogP contribution is 2.40. The first kappa shape index (κ1) is 16.2. The lowest BCUT2D eigenvalue weighted by molar-refractivity contribution is -0.144. The van der Waals surface area contributed by atoms with Crippen molar-refractivity contribution in [1.29, 1.82) is 0 Å². The molecule has 2 unspecified atom stereocenters. The Hall–Kier alpha value is -1.62. The summed E-state index contributed by atoms with van der Waals surface area (Å²) >= 11 is 0. The quantitative estimate of drug-likeness (QED) is 0.803. The lowest BCUT2D eigenvalue weighted by atomic mass is 10.1. The fourth-order valence-corrected chi connectivity index (χ4v) is 3.07. The lowest BCUT2D eigenvalue weighted by Gasteiger charge is -2.19. The molecule has 1 aromatic rings.